The summed E-state index contributed by atoms with van der Waals surface area (Å²) in [4.78, 5) is 31.4. The average Bonchev–Trinajstić information content (AvgIpc) is 3.64. The predicted molar refractivity (Wildman–Crippen MR) is 135 cm³/mol. The van der Waals surface area contributed by atoms with E-state index in [1.807, 2.05) is 40.6 Å². The van der Waals surface area contributed by atoms with Crippen molar-refractivity contribution < 1.29 is 23.8 Å². The maximum atomic E-state index is 13.6. The van der Waals surface area contributed by atoms with Gasteiger partial charge in [-0.2, -0.15) is 0 Å². The summed E-state index contributed by atoms with van der Waals surface area (Å²) in [5.41, 5.74) is 0.968. The lowest BCUT2D eigenvalue weighted by Gasteiger charge is -2.29. The summed E-state index contributed by atoms with van der Waals surface area (Å²) in [5.74, 6) is 1.41. The van der Waals surface area contributed by atoms with Crippen LogP contribution < -0.4 is 9.47 Å². The maximum absolute atomic E-state index is 13.6. The first-order chi connectivity index (χ1) is 17.1. The number of hydrogen-bond acceptors (Lipinski definition) is 6. The van der Waals surface area contributed by atoms with E-state index < -0.39 is 0 Å². The quantitative estimate of drug-likeness (QED) is 0.363. The zero-order valence-electron chi connectivity index (χ0n) is 20.6. The van der Waals surface area contributed by atoms with Gasteiger partial charge in [0.2, 0.25) is 18.6 Å². The third-order valence-corrected chi connectivity index (χ3v) is 7.32. The van der Waals surface area contributed by atoms with Gasteiger partial charge in [-0.15, -0.1) is 11.3 Å². The van der Waals surface area contributed by atoms with Crippen LogP contribution >= 0.6 is 11.3 Å². The number of nitrogens with zero attached hydrogens (tertiary/aromatic N) is 2. The van der Waals surface area contributed by atoms with Gasteiger partial charge < -0.3 is 24.0 Å². The first-order valence-corrected chi connectivity index (χ1v) is 13.6. The highest BCUT2D eigenvalue weighted by Gasteiger charge is 2.26. The van der Waals surface area contributed by atoms with Gasteiger partial charge in [-0.1, -0.05) is 38.3 Å². The predicted octanol–water partition coefficient (Wildman–Crippen LogP) is 4.98. The molecule has 0 N–H and O–H groups in total. The van der Waals surface area contributed by atoms with Crippen molar-refractivity contribution >= 4 is 23.2 Å². The standard InChI is InChI=1S/C27H36N2O5S/c1-2-3-4-5-10-26(30)29(17-22-8-6-13-32-22)19-27(31)28(18-23-9-7-14-35-23)16-21-11-12-24-25(15-21)34-20-33-24/h7,9,11-12,14-15,22H,2-6,8,10,13,16-20H2,1H3. The van der Waals surface area contributed by atoms with Crippen LogP contribution in [-0.2, 0) is 27.4 Å². The van der Waals surface area contributed by atoms with Crippen LogP contribution in [0.1, 0.15) is 62.3 Å². The Morgan fingerprint density at radius 1 is 1.03 bits per heavy atom. The van der Waals surface area contributed by atoms with E-state index in [4.69, 9.17) is 14.2 Å². The third kappa shape index (κ3) is 7.45. The molecule has 190 valence electrons. The minimum Gasteiger partial charge on any atom is -0.454 e. The van der Waals surface area contributed by atoms with Crippen LogP contribution in [0.5, 0.6) is 11.5 Å². The van der Waals surface area contributed by atoms with Crippen molar-refractivity contribution in [1.82, 2.24) is 9.80 Å². The number of benzene rings is 1. The summed E-state index contributed by atoms with van der Waals surface area (Å²) in [6.07, 6.45) is 6.59. The van der Waals surface area contributed by atoms with Crippen molar-refractivity contribution in [3.8, 4) is 11.5 Å². The topological polar surface area (TPSA) is 68.3 Å². The number of unbranched alkanes of at least 4 members (excludes halogenated alkanes) is 3. The summed E-state index contributed by atoms with van der Waals surface area (Å²) in [6.45, 7) is 4.60. The molecule has 4 rings (SSSR count). The van der Waals surface area contributed by atoms with Gasteiger partial charge >= 0.3 is 0 Å². The third-order valence-electron chi connectivity index (χ3n) is 6.46. The van der Waals surface area contributed by atoms with Gasteiger partial charge in [0.25, 0.3) is 0 Å². The first kappa shape index (κ1) is 25.5. The maximum Gasteiger partial charge on any atom is 0.242 e. The highest BCUT2D eigenvalue weighted by Crippen LogP contribution is 2.33. The molecule has 3 heterocycles. The van der Waals surface area contributed by atoms with Crippen molar-refractivity contribution in [2.45, 2.75) is 71.1 Å². The minimum absolute atomic E-state index is 0.0157. The van der Waals surface area contributed by atoms with E-state index in [1.165, 1.54) is 0 Å². The Labute approximate surface area is 212 Å². The van der Waals surface area contributed by atoms with E-state index in [0.29, 0.717) is 31.8 Å². The number of carbonyl (C=O) groups excluding carboxylic acids is 2. The van der Waals surface area contributed by atoms with Gasteiger partial charge in [-0.05, 0) is 48.4 Å². The molecule has 7 nitrogen and oxygen atoms in total. The molecule has 1 aromatic carbocycles. The second kappa shape index (κ2) is 12.9. The zero-order valence-corrected chi connectivity index (χ0v) is 21.4. The molecular weight excluding hydrogens is 464 g/mol. The molecular formula is C27H36N2O5S. The smallest absolute Gasteiger partial charge is 0.242 e. The molecule has 0 bridgehead atoms. The lowest BCUT2D eigenvalue weighted by Crippen LogP contribution is -2.45. The fourth-order valence-corrected chi connectivity index (χ4v) is 5.22. The van der Waals surface area contributed by atoms with E-state index in [1.54, 1.807) is 16.2 Å². The van der Waals surface area contributed by atoms with E-state index in [9.17, 15) is 9.59 Å². The van der Waals surface area contributed by atoms with Crippen LogP contribution in [0.15, 0.2) is 35.7 Å². The van der Waals surface area contributed by atoms with Crippen molar-refractivity contribution in [2.24, 2.45) is 0 Å². The number of carbonyl (C=O) groups is 2. The minimum atomic E-state index is -0.0593. The summed E-state index contributed by atoms with van der Waals surface area (Å²) in [5, 5.41) is 2.02. The molecule has 2 aromatic rings. The van der Waals surface area contributed by atoms with Crippen LogP contribution in [0.4, 0.5) is 0 Å². The Bertz CT molecular complexity index is 958. The molecule has 1 aromatic heterocycles. The molecule has 1 atom stereocenters. The zero-order chi connectivity index (χ0) is 24.5. The van der Waals surface area contributed by atoms with Gasteiger partial charge in [-0.25, -0.2) is 0 Å². The lowest BCUT2D eigenvalue weighted by atomic mass is 10.1. The van der Waals surface area contributed by atoms with Crippen molar-refractivity contribution in [3.63, 3.8) is 0 Å². The average molecular weight is 501 g/mol. The fraction of sp³-hybridized carbons (Fsp3) is 0.556. The number of thiophene rings is 1. The molecule has 0 saturated carbocycles. The van der Waals surface area contributed by atoms with Gasteiger partial charge in [0.15, 0.2) is 11.5 Å². The molecule has 1 unspecified atom stereocenters. The fourth-order valence-electron chi connectivity index (χ4n) is 4.50. The number of amides is 2. The molecule has 8 heteroatoms. The largest absolute Gasteiger partial charge is 0.454 e. The molecule has 0 radical (unpaired) electrons. The van der Waals surface area contributed by atoms with Crippen molar-refractivity contribution in [3.05, 3.63) is 46.2 Å². The summed E-state index contributed by atoms with van der Waals surface area (Å²) in [6, 6.07) is 9.81. The molecule has 1 fully saturated rings. The Morgan fingerprint density at radius 3 is 2.69 bits per heavy atom. The molecule has 2 amide bonds. The second-order valence-corrected chi connectivity index (χ2v) is 10.3. The highest BCUT2D eigenvalue weighted by atomic mass is 32.1. The van der Waals surface area contributed by atoms with Crippen LogP contribution in [0, 0.1) is 0 Å². The Morgan fingerprint density at radius 2 is 1.91 bits per heavy atom. The van der Waals surface area contributed by atoms with Crippen LogP contribution in [0.25, 0.3) is 0 Å². The van der Waals surface area contributed by atoms with Gasteiger partial charge in [0, 0.05) is 31.0 Å². The summed E-state index contributed by atoms with van der Waals surface area (Å²) < 4.78 is 16.7. The van der Waals surface area contributed by atoms with E-state index in [-0.39, 0.29) is 31.3 Å². The highest BCUT2D eigenvalue weighted by molar-refractivity contribution is 7.09. The van der Waals surface area contributed by atoms with Crippen LogP contribution in [0.3, 0.4) is 0 Å². The molecule has 2 aliphatic rings. The van der Waals surface area contributed by atoms with Crippen molar-refractivity contribution in [2.75, 3.05) is 26.5 Å². The Balaban J connectivity index is 1.45. The first-order valence-electron chi connectivity index (χ1n) is 12.7. The number of hydrogen-bond donors (Lipinski definition) is 0. The van der Waals surface area contributed by atoms with Gasteiger partial charge in [0.05, 0.1) is 19.2 Å². The number of ether oxygens (including phenoxy) is 3. The van der Waals surface area contributed by atoms with E-state index in [2.05, 4.69) is 6.92 Å². The molecule has 0 aliphatic carbocycles. The van der Waals surface area contributed by atoms with E-state index in [0.717, 1.165) is 61.3 Å². The Kier molecular flexibility index (Phi) is 9.42. The molecule has 35 heavy (non-hydrogen) atoms. The molecule has 2 aliphatic heterocycles. The van der Waals surface area contributed by atoms with Crippen LogP contribution in [-0.4, -0.2) is 54.2 Å². The summed E-state index contributed by atoms with van der Waals surface area (Å²) >= 11 is 1.63. The number of fused-ring (bicyclic) bond motifs is 1. The van der Waals surface area contributed by atoms with Crippen molar-refractivity contribution in [1.29, 1.82) is 0 Å². The number of rotatable bonds is 13. The lowest BCUT2D eigenvalue weighted by molar-refractivity contribution is -0.142. The molecule has 0 spiro atoms. The monoisotopic (exact) mass is 500 g/mol. The van der Waals surface area contributed by atoms with Crippen LogP contribution in [0.2, 0.25) is 0 Å². The van der Waals surface area contributed by atoms with Gasteiger partial charge in [-0.3, -0.25) is 9.59 Å². The van der Waals surface area contributed by atoms with E-state index >= 15 is 0 Å². The molecule has 1 saturated heterocycles. The van der Waals surface area contributed by atoms with Gasteiger partial charge in [0.1, 0.15) is 0 Å². The Hall–Kier alpha value is -2.58. The summed E-state index contributed by atoms with van der Waals surface area (Å²) in [7, 11) is 0. The SMILES string of the molecule is CCCCCCC(=O)N(CC(=O)N(Cc1ccc2c(c1)OCO2)Cc1cccs1)CC1CCCO1. The second-order valence-electron chi connectivity index (χ2n) is 9.24. The normalized spacial score (nSPS) is 16.4.